The average Bonchev–Trinajstić information content (AvgIpc) is 2.57. The van der Waals surface area contributed by atoms with Crippen molar-refractivity contribution in [3.63, 3.8) is 0 Å². The molecule has 0 amide bonds. The number of rotatable bonds is 11. The van der Waals surface area contributed by atoms with Crippen molar-refractivity contribution in [2.45, 2.75) is 25.4 Å². The van der Waals surface area contributed by atoms with Gasteiger partial charge in [-0.05, 0) is 31.2 Å². The van der Waals surface area contributed by atoms with Gasteiger partial charge in [0.15, 0.2) is 0 Å². The second-order valence-corrected chi connectivity index (χ2v) is 8.69. The van der Waals surface area contributed by atoms with E-state index >= 15 is 0 Å². The summed E-state index contributed by atoms with van der Waals surface area (Å²) in [6.07, 6.45) is 5.14. The summed E-state index contributed by atoms with van der Waals surface area (Å²) < 4.78 is 16.4. The summed E-state index contributed by atoms with van der Waals surface area (Å²) in [6, 6.07) is 11.1. The lowest BCUT2D eigenvalue weighted by Crippen LogP contribution is -2.43. The molecule has 0 spiro atoms. The third-order valence-corrected chi connectivity index (χ3v) is 6.49. The SMILES string of the molecule is CO[Si](CCCN(C=Cc1ccccc1)CC(C)N)(OC)OC.Cl. The lowest BCUT2D eigenvalue weighted by Gasteiger charge is -2.27. The zero-order chi connectivity index (χ0) is 17.1. The van der Waals surface area contributed by atoms with E-state index in [1.54, 1.807) is 21.3 Å². The van der Waals surface area contributed by atoms with Gasteiger partial charge >= 0.3 is 8.80 Å². The number of hydrogen-bond donors (Lipinski definition) is 1. The maximum Gasteiger partial charge on any atom is 0.500 e. The molecule has 138 valence electrons. The lowest BCUT2D eigenvalue weighted by molar-refractivity contribution is 0.122. The summed E-state index contributed by atoms with van der Waals surface area (Å²) in [5, 5.41) is 0. The molecule has 0 aromatic heterocycles. The fourth-order valence-electron chi connectivity index (χ4n) is 2.41. The van der Waals surface area contributed by atoms with Gasteiger partial charge in [-0.3, -0.25) is 0 Å². The molecule has 7 heteroatoms. The van der Waals surface area contributed by atoms with Crippen LogP contribution in [0.3, 0.4) is 0 Å². The molecule has 0 aliphatic heterocycles. The molecule has 1 unspecified atom stereocenters. The third kappa shape index (κ3) is 8.28. The van der Waals surface area contributed by atoms with Crippen molar-refractivity contribution in [3.8, 4) is 0 Å². The Morgan fingerprint density at radius 2 is 1.71 bits per heavy atom. The molecule has 1 aromatic rings. The van der Waals surface area contributed by atoms with E-state index in [1.165, 1.54) is 5.56 Å². The van der Waals surface area contributed by atoms with E-state index in [0.29, 0.717) is 0 Å². The van der Waals surface area contributed by atoms with Crippen LogP contribution >= 0.6 is 12.4 Å². The van der Waals surface area contributed by atoms with Crippen LogP contribution < -0.4 is 5.73 Å². The van der Waals surface area contributed by atoms with E-state index in [9.17, 15) is 0 Å². The zero-order valence-corrected chi connectivity index (χ0v) is 16.9. The summed E-state index contributed by atoms with van der Waals surface area (Å²) in [5.74, 6) is 0. The molecule has 5 nitrogen and oxygen atoms in total. The highest BCUT2D eigenvalue weighted by molar-refractivity contribution is 6.60. The van der Waals surface area contributed by atoms with Crippen LogP contribution in [0.15, 0.2) is 36.5 Å². The van der Waals surface area contributed by atoms with Crippen molar-refractivity contribution in [3.05, 3.63) is 42.1 Å². The highest BCUT2D eigenvalue weighted by Crippen LogP contribution is 2.15. The molecule has 0 saturated carbocycles. The molecule has 24 heavy (non-hydrogen) atoms. The van der Waals surface area contributed by atoms with Crippen LogP contribution in [0, 0.1) is 0 Å². The molecule has 0 radical (unpaired) electrons. The second-order valence-electron chi connectivity index (χ2n) is 5.60. The molecule has 0 fully saturated rings. The molecular formula is C17H31ClN2O3Si. The van der Waals surface area contributed by atoms with Crippen LogP contribution in [0.5, 0.6) is 0 Å². The van der Waals surface area contributed by atoms with Gasteiger partial charge in [-0.2, -0.15) is 0 Å². The maximum atomic E-state index is 5.96. The molecule has 0 saturated heterocycles. The molecule has 1 atom stereocenters. The molecule has 0 heterocycles. The molecule has 1 rings (SSSR count). The summed E-state index contributed by atoms with van der Waals surface area (Å²) in [7, 11) is 2.45. The van der Waals surface area contributed by atoms with E-state index in [4.69, 9.17) is 19.0 Å². The van der Waals surface area contributed by atoms with E-state index in [1.807, 2.05) is 25.1 Å². The van der Waals surface area contributed by atoms with Gasteiger partial charge in [-0.15, -0.1) is 12.4 Å². The summed E-state index contributed by atoms with van der Waals surface area (Å²) in [4.78, 5) is 2.23. The van der Waals surface area contributed by atoms with Gasteiger partial charge in [0.25, 0.3) is 0 Å². The average molecular weight is 375 g/mol. The predicted molar refractivity (Wildman–Crippen MR) is 104 cm³/mol. The van der Waals surface area contributed by atoms with Crippen LogP contribution in [0.1, 0.15) is 18.9 Å². The number of hydrogen-bond acceptors (Lipinski definition) is 5. The Bertz CT molecular complexity index is 448. The van der Waals surface area contributed by atoms with Crippen molar-refractivity contribution in [1.29, 1.82) is 0 Å². The number of nitrogens with zero attached hydrogens (tertiary/aromatic N) is 1. The quantitative estimate of drug-likeness (QED) is 0.603. The summed E-state index contributed by atoms with van der Waals surface area (Å²) in [6.45, 7) is 3.71. The Kier molecular flexibility index (Phi) is 12.0. The Morgan fingerprint density at radius 3 is 2.21 bits per heavy atom. The van der Waals surface area contributed by atoms with Gasteiger partial charge in [0, 0.05) is 46.5 Å². The highest BCUT2D eigenvalue weighted by Gasteiger charge is 2.36. The number of benzene rings is 1. The Morgan fingerprint density at radius 1 is 1.12 bits per heavy atom. The predicted octanol–water partition coefficient (Wildman–Crippen LogP) is 3.00. The van der Waals surface area contributed by atoms with E-state index in [0.717, 1.165) is 25.6 Å². The minimum absolute atomic E-state index is 0. The standard InChI is InChI=1S/C17H30N2O3Si.ClH/c1-16(18)15-19(13-11-17-9-6-5-7-10-17)12-8-14-23(20-2,21-3)22-4;/h5-7,9-11,13,16H,8,12,14-15,18H2,1-4H3;1H. The first-order valence-corrected chi connectivity index (χ1v) is 9.86. The normalized spacial score (nSPS) is 12.9. The van der Waals surface area contributed by atoms with Crippen LogP contribution in [0.25, 0.3) is 6.08 Å². The van der Waals surface area contributed by atoms with Crippen LogP contribution in [0.4, 0.5) is 0 Å². The number of nitrogens with two attached hydrogens (primary N) is 1. The van der Waals surface area contributed by atoms with Gasteiger partial charge in [0.1, 0.15) is 0 Å². The Balaban J connectivity index is 0.00000529. The van der Waals surface area contributed by atoms with Gasteiger partial charge in [-0.25, -0.2) is 0 Å². The molecule has 0 aliphatic carbocycles. The fraction of sp³-hybridized carbons (Fsp3) is 0.529. The van der Waals surface area contributed by atoms with Crippen LogP contribution in [-0.2, 0) is 13.3 Å². The Labute approximate surface area is 153 Å². The largest absolute Gasteiger partial charge is 0.500 e. The topological polar surface area (TPSA) is 57.0 Å². The van der Waals surface area contributed by atoms with Crippen molar-refractivity contribution in [1.82, 2.24) is 4.90 Å². The van der Waals surface area contributed by atoms with Crippen molar-refractivity contribution in [2.24, 2.45) is 5.73 Å². The van der Waals surface area contributed by atoms with Gasteiger partial charge in [-0.1, -0.05) is 30.3 Å². The van der Waals surface area contributed by atoms with Crippen molar-refractivity contribution < 1.29 is 13.3 Å². The lowest BCUT2D eigenvalue weighted by atomic mass is 10.2. The number of halogens is 1. The minimum Gasteiger partial charge on any atom is -0.377 e. The smallest absolute Gasteiger partial charge is 0.377 e. The summed E-state index contributed by atoms with van der Waals surface area (Å²) in [5.41, 5.74) is 7.13. The highest BCUT2D eigenvalue weighted by atomic mass is 35.5. The van der Waals surface area contributed by atoms with E-state index in [-0.39, 0.29) is 18.4 Å². The van der Waals surface area contributed by atoms with E-state index in [2.05, 4.69) is 29.3 Å². The molecule has 0 bridgehead atoms. The van der Waals surface area contributed by atoms with E-state index < -0.39 is 8.80 Å². The third-order valence-electron chi connectivity index (χ3n) is 3.66. The van der Waals surface area contributed by atoms with Gasteiger partial charge in [0.2, 0.25) is 0 Å². The van der Waals surface area contributed by atoms with Crippen molar-refractivity contribution >= 4 is 27.3 Å². The Hall–Kier alpha value is -0.893. The summed E-state index contributed by atoms with van der Waals surface area (Å²) >= 11 is 0. The second kappa shape index (κ2) is 12.5. The van der Waals surface area contributed by atoms with Crippen molar-refractivity contribution in [2.75, 3.05) is 34.4 Å². The molecule has 0 aliphatic rings. The molecular weight excluding hydrogens is 344 g/mol. The monoisotopic (exact) mass is 374 g/mol. The minimum atomic E-state index is -2.49. The zero-order valence-electron chi connectivity index (χ0n) is 15.1. The molecule has 2 N–H and O–H groups in total. The maximum absolute atomic E-state index is 5.96. The first kappa shape index (κ1) is 23.1. The molecule has 1 aromatic carbocycles. The van der Waals surface area contributed by atoms with Gasteiger partial charge < -0.3 is 23.9 Å². The fourth-order valence-corrected chi connectivity index (χ4v) is 4.11. The first-order chi connectivity index (χ1) is 11.0. The first-order valence-electron chi connectivity index (χ1n) is 7.93. The van der Waals surface area contributed by atoms with Crippen LogP contribution in [-0.4, -0.2) is 54.2 Å². The van der Waals surface area contributed by atoms with Gasteiger partial charge in [0.05, 0.1) is 0 Å². The van der Waals surface area contributed by atoms with Crippen LogP contribution in [0.2, 0.25) is 6.04 Å².